The van der Waals surface area contributed by atoms with Crippen molar-refractivity contribution in [2.24, 2.45) is 0 Å². The molecule has 0 fully saturated rings. The van der Waals surface area contributed by atoms with E-state index in [2.05, 4.69) is 11.1 Å². The Balaban J connectivity index is 2.63. The van der Waals surface area contributed by atoms with Crippen LogP contribution < -0.4 is 0 Å². The highest BCUT2D eigenvalue weighted by Crippen LogP contribution is 2.23. The SMILES string of the molecule is Cc1cc(-c2ccco2)c(C#N)cn1. The minimum atomic E-state index is 0.533. The molecule has 2 aromatic rings. The molecule has 3 heteroatoms. The smallest absolute Gasteiger partial charge is 0.135 e. The zero-order valence-corrected chi connectivity index (χ0v) is 7.69. The van der Waals surface area contributed by atoms with E-state index in [9.17, 15) is 0 Å². The summed E-state index contributed by atoms with van der Waals surface area (Å²) in [4.78, 5) is 4.06. The molecule has 0 N–H and O–H groups in total. The van der Waals surface area contributed by atoms with Gasteiger partial charge < -0.3 is 4.42 Å². The quantitative estimate of drug-likeness (QED) is 0.684. The van der Waals surface area contributed by atoms with E-state index in [0.29, 0.717) is 11.3 Å². The minimum absolute atomic E-state index is 0.533. The molecule has 0 spiro atoms. The van der Waals surface area contributed by atoms with Crippen LogP contribution in [0.4, 0.5) is 0 Å². The fourth-order valence-corrected chi connectivity index (χ4v) is 1.28. The Bertz CT molecular complexity index is 480. The Hall–Kier alpha value is -2.08. The monoisotopic (exact) mass is 184 g/mol. The van der Waals surface area contributed by atoms with Gasteiger partial charge in [-0.25, -0.2) is 0 Å². The van der Waals surface area contributed by atoms with Crippen molar-refractivity contribution in [3.05, 3.63) is 41.9 Å². The van der Waals surface area contributed by atoms with E-state index < -0.39 is 0 Å². The molecule has 0 radical (unpaired) electrons. The molecule has 0 atom stereocenters. The van der Waals surface area contributed by atoms with Gasteiger partial charge >= 0.3 is 0 Å². The Morgan fingerprint density at radius 2 is 2.36 bits per heavy atom. The Kier molecular flexibility index (Phi) is 2.04. The highest BCUT2D eigenvalue weighted by Gasteiger charge is 2.07. The largest absolute Gasteiger partial charge is 0.464 e. The zero-order valence-electron chi connectivity index (χ0n) is 7.69. The van der Waals surface area contributed by atoms with E-state index in [1.54, 1.807) is 18.5 Å². The van der Waals surface area contributed by atoms with E-state index >= 15 is 0 Å². The Morgan fingerprint density at radius 1 is 1.50 bits per heavy atom. The van der Waals surface area contributed by atoms with Crippen molar-refractivity contribution in [2.45, 2.75) is 6.92 Å². The number of nitriles is 1. The summed E-state index contributed by atoms with van der Waals surface area (Å²) >= 11 is 0. The number of hydrogen-bond acceptors (Lipinski definition) is 3. The number of aromatic nitrogens is 1. The first-order valence-electron chi connectivity index (χ1n) is 4.22. The van der Waals surface area contributed by atoms with Crippen LogP contribution in [-0.2, 0) is 0 Å². The van der Waals surface area contributed by atoms with Crippen molar-refractivity contribution in [3.63, 3.8) is 0 Å². The molecule has 2 heterocycles. The van der Waals surface area contributed by atoms with Crippen molar-refractivity contribution in [1.29, 1.82) is 5.26 Å². The second kappa shape index (κ2) is 3.35. The normalized spacial score (nSPS) is 9.71. The van der Waals surface area contributed by atoms with Crippen molar-refractivity contribution >= 4 is 0 Å². The Morgan fingerprint density at radius 3 is 3.00 bits per heavy atom. The topological polar surface area (TPSA) is 49.8 Å². The summed E-state index contributed by atoms with van der Waals surface area (Å²) in [6, 6.07) is 7.56. The van der Waals surface area contributed by atoms with Crippen LogP contribution in [0, 0.1) is 18.3 Å². The lowest BCUT2D eigenvalue weighted by Crippen LogP contribution is -1.87. The molecule has 2 aromatic heterocycles. The summed E-state index contributed by atoms with van der Waals surface area (Å²) in [7, 11) is 0. The third-order valence-corrected chi connectivity index (χ3v) is 1.95. The van der Waals surface area contributed by atoms with E-state index in [4.69, 9.17) is 9.68 Å². The lowest BCUT2D eigenvalue weighted by molar-refractivity contribution is 0.582. The van der Waals surface area contributed by atoms with Crippen LogP contribution in [0.1, 0.15) is 11.3 Å². The Labute approximate surface area is 81.6 Å². The second-order valence-corrected chi connectivity index (χ2v) is 2.96. The molecular weight excluding hydrogens is 176 g/mol. The highest BCUT2D eigenvalue weighted by atomic mass is 16.3. The van der Waals surface area contributed by atoms with E-state index in [-0.39, 0.29) is 0 Å². The predicted octanol–water partition coefficient (Wildman–Crippen LogP) is 2.52. The van der Waals surface area contributed by atoms with Crippen LogP contribution in [0.2, 0.25) is 0 Å². The summed E-state index contributed by atoms with van der Waals surface area (Å²) in [5, 5.41) is 8.88. The van der Waals surface area contributed by atoms with Crippen LogP contribution in [-0.4, -0.2) is 4.98 Å². The molecule has 0 unspecified atom stereocenters. The first kappa shape index (κ1) is 8.52. The van der Waals surface area contributed by atoms with Crippen LogP contribution >= 0.6 is 0 Å². The molecule has 0 bridgehead atoms. The van der Waals surface area contributed by atoms with Crippen LogP contribution in [0.15, 0.2) is 35.1 Å². The van der Waals surface area contributed by atoms with Crippen LogP contribution in [0.5, 0.6) is 0 Å². The standard InChI is InChI=1S/C11H8N2O/c1-8-5-10(9(6-12)7-13-8)11-3-2-4-14-11/h2-5,7H,1H3. The fourth-order valence-electron chi connectivity index (χ4n) is 1.28. The molecule has 0 aliphatic rings. The summed E-state index contributed by atoms with van der Waals surface area (Å²) in [6.45, 7) is 1.88. The van der Waals surface area contributed by atoms with Crippen molar-refractivity contribution < 1.29 is 4.42 Å². The molecule has 0 aromatic carbocycles. The molecule has 0 amide bonds. The zero-order chi connectivity index (χ0) is 9.97. The van der Waals surface area contributed by atoms with Gasteiger partial charge in [0.2, 0.25) is 0 Å². The second-order valence-electron chi connectivity index (χ2n) is 2.96. The van der Waals surface area contributed by atoms with E-state index in [1.165, 1.54) is 0 Å². The number of aryl methyl sites for hydroxylation is 1. The molecule has 14 heavy (non-hydrogen) atoms. The van der Waals surface area contributed by atoms with Crippen molar-refractivity contribution in [1.82, 2.24) is 4.98 Å². The van der Waals surface area contributed by atoms with Gasteiger partial charge in [0.05, 0.1) is 11.8 Å². The van der Waals surface area contributed by atoms with Gasteiger partial charge in [-0.15, -0.1) is 0 Å². The van der Waals surface area contributed by atoms with Gasteiger partial charge in [-0.1, -0.05) is 0 Å². The number of nitrogens with zero attached hydrogens (tertiary/aromatic N) is 2. The van der Waals surface area contributed by atoms with Crippen LogP contribution in [0.25, 0.3) is 11.3 Å². The van der Waals surface area contributed by atoms with Gasteiger partial charge in [0.15, 0.2) is 0 Å². The van der Waals surface area contributed by atoms with Gasteiger partial charge in [-0.2, -0.15) is 5.26 Å². The lowest BCUT2D eigenvalue weighted by atomic mass is 10.1. The summed E-state index contributed by atoms with van der Waals surface area (Å²) in [6.07, 6.45) is 3.15. The summed E-state index contributed by atoms with van der Waals surface area (Å²) in [5.41, 5.74) is 2.20. The molecule has 68 valence electrons. The summed E-state index contributed by atoms with van der Waals surface area (Å²) < 4.78 is 5.24. The maximum atomic E-state index is 8.88. The molecular formula is C11H8N2O. The van der Waals surface area contributed by atoms with Gasteiger partial charge in [0.25, 0.3) is 0 Å². The molecule has 0 aliphatic heterocycles. The first-order valence-corrected chi connectivity index (χ1v) is 4.22. The number of furan rings is 1. The van der Waals surface area contributed by atoms with Gasteiger partial charge in [0.1, 0.15) is 11.8 Å². The minimum Gasteiger partial charge on any atom is -0.464 e. The van der Waals surface area contributed by atoms with Crippen LogP contribution in [0.3, 0.4) is 0 Å². The molecule has 0 saturated heterocycles. The maximum Gasteiger partial charge on any atom is 0.135 e. The number of rotatable bonds is 1. The van der Waals surface area contributed by atoms with E-state index in [0.717, 1.165) is 11.3 Å². The molecule has 0 saturated carbocycles. The van der Waals surface area contributed by atoms with Gasteiger partial charge in [-0.3, -0.25) is 4.98 Å². The van der Waals surface area contributed by atoms with Crippen molar-refractivity contribution in [3.8, 4) is 17.4 Å². The van der Waals surface area contributed by atoms with Crippen molar-refractivity contribution in [2.75, 3.05) is 0 Å². The van der Waals surface area contributed by atoms with E-state index in [1.807, 2.05) is 19.1 Å². The molecule has 0 aliphatic carbocycles. The predicted molar refractivity (Wildman–Crippen MR) is 51.4 cm³/mol. The third kappa shape index (κ3) is 1.38. The average Bonchev–Trinajstić information content (AvgIpc) is 2.70. The van der Waals surface area contributed by atoms with Gasteiger partial charge in [-0.05, 0) is 25.1 Å². The molecule has 3 nitrogen and oxygen atoms in total. The highest BCUT2D eigenvalue weighted by molar-refractivity contribution is 5.65. The number of pyridine rings is 1. The van der Waals surface area contributed by atoms with Gasteiger partial charge in [0, 0.05) is 17.5 Å². The summed E-state index contributed by atoms with van der Waals surface area (Å²) in [5.74, 6) is 0.701. The maximum absolute atomic E-state index is 8.88. The average molecular weight is 184 g/mol. The number of hydrogen-bond donors (Lipinski definition) is 0. The lowest BCUT2D eigenvalue weighted by Gasteiger charge is -2.00. The fraction of sp³-hybridized carbons (Fsp3) is 0.0909. The molecule has 2 rings (SSSR count). The first-order chi connectivity index (χ1) is 6.81. The third-order valence-electron chi connectivity index (χ3n) is 1.95.